The lowest BCUT2D eigenvalue weighted by atomic mass is 10.1. The molecule has 0 saturated carbocycles. The molecule has 0 unspecified atom stereocenters. The molecule has 0 N–H and O–H groups in total. The number of fused-ring (bicyclic) bond motifs is 1. The number of rotatable bonds is 5. The number of likely N-dealkylation sites (N-methyl/N-ethyl adjacent to an activating group) is 1. The molecule has 5 nitrogen and oxygen atoms in total. The van der Waals surface area contributed by atoms with Gasteiger partial charge in [0.25, 0.3) is 11.4 Å². The third-order valence-corrected chi connectivity index (χ3v) is 4.45. The largest absolute Gasteiger partial charge is 0.753 e. The molecule has 2 aromatic carbocycles. The highest BCUT2D eigenvalue weighted by atomic mass is 16.5. The van der Waals surface area contributed by atoms with Gasteiger partial charge in [0, 0.05) is 37.9 Å². The van der Waals surface area contributed by atoms with Crippen molar-refractivity contribution >= 4 is 17.5 Å². The summed E-state index contributed by atoms with van der Waals surface area (Å²) in [6, 6.07) is 15.6. The molecular weight excluding hydrogens is 314 g/mol. The molecule has 0 aliphatic carbocycles. The lowest BCUT2D eigenvalue weighted by Gasteiger charge is -2.31. The zero-order chi connectivity index (χ0) is 18.0. The number of hydrogen-bond acceptors (Lipinski definition) is 4. The summed E-state index contributed by atoms with van der Waals surface area (Å²) >= 11 is 0. The summed E-state index contributed by atoms with van der Waals surface area (Å²) in [6.45, 7) is 4.77. The fourth-order valence-corrected chi connectivity index (χ4v) is 2.98. The van der Waals surface area contributed by atoms with E-state index >= 15 is 0 Å². The van der Waals surface area contributed by atoms with E-state index in [1.165, 1.54) is 5.56 Å². The summed E-state index contributed by atoms with van der Waals surface area (Å²) in [5.41, 5.74) is 1.99. The van der Waals surface area contributed by atoms with E-state index in [1.807, 2.05) is 37.4 Å². The second-order valence-corrected chi connectivity index (χ2v) is 6.92. The van der Waals surface area contributed by atoms with Crippen LogP contribution in [0.3, 0.4) is 0 Å². The lowest BCUT2D eigenvalue weighted by molar-refractivity contribution is -0.532. The lowest BCUT2D eigenvalue weighted by Crippen LogP contribution is -2.41. The third-order valence-electron chi connectivity index (χ3n) is 4.45. The van der Waals surface area contributed by atoms with Crippen molar-refractivity contribution in [1.82, 2.24) is 4.90 Å². The topological polar surface area (TPSA) is 49.6 Å². The van der Waals surface area contributed by atoms with Crippen molar-refractivity contribution < 1.29 is 4.76 Å². The van der Waals surface area contributed by atoms with Crippen molar-refractivity contribution in [3.8, 4) is 0 Å². The highest BCUT2D eigenvalue weighted by molar-refractivity contribution is 5.69. The predicted molar refractivity (Wildman–Crippen MR) is 101 cm³/mol. The molecule has 0 spiro atoms. The molecule has 2 aromatic rings. The van der Waals surface area contributed by atoms with E-state index in [0.29, 0.717) is 17.9 Å². The Morgan fingerprint density at radius 3 is 2.64 bits per heavy atom. The number of nitrogens with zero attached hydrogens (tertiary/aromatic N) is 3. The van der Waals surface area contributed by atoms with Crippen molar-refractivity contribution in [3.05, 3.63) is 75.8 Å². The maximum atomic E-state index is 12.3. The van der Waals surface area contributed by atoms with E-state index in [0.717, 1.165) is 21.9 Å². The van der Waals surface area contributed by atoms with Crippen LogP contribution < -0.4 is 5.06 Å². The van der Waals surface area contributed by atoms with Gasteiger partial charge in [-0.05, 0) is 24.2 Å². The molecule has 0 saturated heterocycles. The number of hydroxylamine groups is 1. The second kappa shape index (κ2) is 6.78. The quantitative estimate of drug-likeness (QED) is 0.764. The summed E-state index contributed by atoms with van der Waals surface area (Å²) in [6.07, 6.45) is 4.21. The molecule has 130 valence electrons. The van der Waals surface area contributed by atoms with Crippen LogP contribution in [0.1, 0.15) is 25.0 Å². The standard InChI is InChI=1S/C20H23N3O2/c1-20(2)22(24)18-12-11-17(14-19(18)23(20)25)15-21(3)13-7-10-16-8-5-4-6-9-16/h4-12,14H,13,15H2,1-3H3/b10-7+. The maximum absolute atomic E-state index is 12.3. The van der Waals surface area contributed by atoms with Gasteiger partial charge in [-0.3, -0.25) is 4.90 Å². The van der Waals surface area contributed by atoms with E-state index in [1.54, 1.807) is 19.9 Å². The third kappa shape index (κ3) is 3.48. The van der Waals surface area contributed by atoms with Crippen LogP contribution in [0.15, 0.2) is 54.6 Å². The molecule has 5 heteroatoms. The van der Waals surface area contributed by atoms with Crippen LogP contribution in [0, 0.1) is 10.1 Å². The van der Waals surface area contributed by atoms with Crippen LogP contribution in [0.2, 0.25) is 0 Å². The van der Waals surface area contributed by atoms with Crippen molar-refractivity contribution in [2.45, 2.75) is 26.1 Å². The van der Waals surface area contributed by atoms with E-state index in [9.17, 15) is 10.1 Å². The van der Waals surface area contributed by atoms with E-state index in [4.69, 9.17) is 0 Å². The number of anilines is 1. The number of nitroso groups, excluding NO2 is 1. The van der Waals surface area contributed by atoms with Crippen molar-refractivity contribution in [3.63, 3.8) is 0 Å². The van der Waals surface area contributed by atoms with Crippen LogP contribution in [0.4, 0.5) is 11.4 Å². The Hall–Kier alpha value is -2.50. The van der Waals surface area contributed by atoms with Crippen LogP contribution >= 0.6 is 0 Å². The summed E-state index contributed by atoms with van der Waals surface area (Å²) < 4.78 is 0.783. The fourth-order valence-electron chi connectivity index (χ4n) is 2.98. The Bertz CT molecular complexity index is 800. The molecule has 1 heterocycles. The van der Waals surface area contributed by atoms with E-state index < -0.39 is 5.66 Å². The molecule has 0 radical (unpaired) electrons. The number of benzene rings is 2. The zero-order valence-electron chi connectivity index (χ0n) is 14.8. The molecule has 0 aromatic heterocycles. The van der Waals surface area contributed by atoms with Crippen LogP contribution in [-0.4, -0.2) is 28.9 Å². The van der Waals surface area contributed by atoms with Gasteiger partial charge in [-0.2, -0.15) is 0 Å². The molecule has 0 fully saturated rings. The Labute approximate surface area is 148 Å². The first kappa shape index (κ1) is 17.3. The first-order chi connectivity index (χ1) is 11.9. The Kier molecular flexibility index (Phi) is 4.70. The van der Waals surface area contributed by atoms with Crippen LogP contribution in [-0.2, 0) is 6.54 Å². The molecule has 3 rings (SSSR count). The van der Waals surface area contributed by atoms with Gasteiger partial charge in [-0.1, -0.05) is 48.6 Å². The minimum atomic E-state index is -1.09. The summed E-state index contributed by atoms with van der Waals surface area (Å²) in [5.74, 6) is 0. The van der Waals surface area contributed by atoms with Gasteiger partial charge in [0.05, 0.1) is 4.76 Å². The first-order valence-electron chi connectivity index (χ1n) is 8.37. The summed E-state index contributed by atoms with van der Waals surface area (Å²) in [5, 5.41) is 13.1. The molecular formula is C20H23N3O2. The normalized spacial score (nSPS) is 16.0. The van der Waals surface area contributed by atoms with Crippen LogP contribution in [0.5, 0.6) is 0 Å². The Morgan fingerprint density at radius 1 is 1.20 bits per heavy atom. The van der Waals surface area contributed by atoms with Crippen LogP contribution in [0.25, 0.3) is 6.08 Å². The van der Waals surface area contributed by atoms with E-state index in [2.05, 4.69) is 29.2 Å². The Balaban J connectivity index is 1.65. The Morgan fingerprint density at radius 2 is 1.92 bits per heavy atom. The van der Waals surface area contributed by atoms with Gasteiger partial charge in [-0.15, -0.1) is 0 Å². The minimum Gasteiger partial charge on any atom is -0.753 e. The summed E-state index contributed by atoms with van der Waals surface area (Å²) in [7, 11) is 2.03. The molecule has 25 heavy (non-hydrogen) atoms. The maximum Gasteiger partial charge on any atom is 0.281 e. The molecule has 1 aliphatic heterocycles. The zero-order valence-corrected chi connectivity index (χ0v) is 14.8. The van der Waals surface area contributed by atoms with E-state index in [-0.39, 0.29) is 0 Å². The van der Waals surface area contributed by atoms with Gasteiger partial charge in [0.2, 0.25) is 0 Å². The summed E-state index contributed by atoms with van der Waals surface area (Å²) in [4.78, 5) is 14.4. The smallest absolute Gasteiger partial charge is 0.281 e. The predicted octanol–water partition coefficient (Wildman–Crippen LogP) is 4.30. The van der Waals surface area contributed by atoms with Gasteiger partial charge < -0.3 is 10.3 Å². The average Bonchev–Trinajstić information content (AvgIpc) is 2.76. The minimum absolute atomic E-state index is 0.440. The second-order valence-electron chi connectivity index (χ2n) is 6.92. The van der Waals surface area contributed by atoms with Gasteiger partial charge in [0.15, 0.2) is 0 Å². The van der Waals surface area contributed by atoms with Crippen molar-refractivity contribution in [2.75, 3.05) is 18.7 Å². The van der Waals surface area contributed by atoms with Gasteiger partial charge in [0.1, 0.15) is 5.69 Å². The molecule has 0 bridgehead atoms. The average molecular weight is 337 g/mol. The van der Waals surface area contributed by atoms with Gasteiger partial charge >= 0.3 is 0 Å². The highest BCUT2D eigenvalue weighted by Crippen LogP contribution is 2.43. The van der Waals surface area contributed by atoms with Gasteiger partial charge in [-0.25, -0.2) is 0 Å². The monoisotopic (exact) mass is 337 g/mol. The SMILES string of the molecule is CN(C/C=C/c1ccccc1)Cc1ccc2c(c1)N([O-])C(C)(C)[N+]2=O. The number of hydrogen-bond donors (Lipinski definition) is 0. The molecule has 1 aliphatic rings. The highest BCUT2D eigenvalue weighted by Gasteiger charge is 2.48. The molecule has 0 amide bonds. The fraction of sp³-hybridized carbons (Fsp3) is 0.300. The molecule has 0 atom stereocenters. The van der Waals surface area contributed by atoms with Crippen molar-refractivity contribution in [2.24, 2.45) is 0 Å². The first-order valence-corrected chi connectivity index (χ1v) is 8.37. The van der Waals surface area contributed by atoms with Crippen molar-refractivity contribution in [1.29, 1.82) is 0 Å².